The Morgan fingerprint density at radius 2 is 2.00 bits per heavy atom. The molecule has 0 aliphatic carbocycles. The maximum atomic E-state index is 11.5. The van der Waals surface area contributed by atoms with E-state index in [0.29, 0.717) is 5.70 Å². The third kappa shape index (κ3) is 3.85. The summed E-state index contributed by atoms with van der Waals surface area (Å²) in [7, 11) is -1.91. The van der Waals surface area contributed by atoms with Crippen LogP contribution in [0.25, 0.3) is 11.8 Å². The lowest BCUT2D eigenvalue weighted by atomic mass is 10.0. The van der Waals surface area contributed by atoms with Crippen molar-refractivity contribution >= 4 is 43.5 Å². The number of allylic oxidation sites excluding steroid dienone is 1. The van der Waals surface area contributed by atoms with Crippen molar-refractivity contribution in [3.8, 4) is 5.75 Å². The van der Waals surface area contributed by atoms with Crippen LogP contribution in [-0.2, 0) is 10.1 Å². The molecule has 0 atom stereocenters. The van der Waals surface area contributed by atoms with E-state index in [0.717, 1.165) is 6.07 Å². The van der Waals surface area contributed by atoms with Crippen molar-refractivity contribution in [1.29, 1.82) is 0 Å². The Labute approximate surface area is 135 Å². The Kier molecular flexibility index (Phi) is 5.82. The van der Waals surface area contributed by atoms with E-state index in [-0.39, 0.29) is 16.8 Å². The predicted octanol–water partition coefficient (Wildman–Crippen LogP) is 0.561. The summed E-state index contributed by atoms with van der Waals surface area (Å²) in [6.45, 7) is 5.11. The minimum Gasteiger partial charge on any atom is -0.505 e. The Bertz CT molecular complexity index is 833. The fourth-order valence-electron chi connectivity index (χ4n) is 1.88. The van der Waals surface area contributed by atoms with Gasteiger partial charge in [-0.3, -0.25) is 14.6 Å². The number of nitrogens with two attached hydrogens (primary N) is 1. The van der Waals surface area contributed by atoms with Crippen LogP contribution in [0, 0.1) is 0 Å². The first-order chi connectivity index (χ1) is 10.7. The van der Waals surface area contributed by atoms with Gasteiger partial charge >= 0.3 is 0 Å². The van der Waals surface area contributed by atoms with Crippen molar-refractivity contribution in [3.05, 3.63) is 29.5 Å². The van der Waals surface area contributed by atoms with Gasteiger partial charge in [0.2, 0.25) is 0 Å². The summed E-state index contributed by atoms with van der Waals surface area (Å²) in [5.41, 5.74) is 6.12. The third-order valence-corrected chi connectivity index (χ3v) is 3.74. The predicted molar refractivity (Wildman–Crippen MR) is 91.3 cm³/mol. The van der Waals surface area contributed by atoms with Crippen LogP contribution in [-0.4, -0.2) is 34.0 Å². The van der Waals surface area contributed by atoms with Gasteiger partial charge in [0.15, 0.2) is 5.75 Å². The van der Waals surface area contributed by atoms with Crippen molar-refractivity contribution in [3.63, 3.8) is 0 Å². The second-order valence-electron chi connectivity index (χ2n) is 4.31. The summed E-state index contributed by atoms with van der Waals surface area (Å²) in [4.78, 5) is -0.609. The molecule has 0 heterocycles. The minimum absolute atomic E-state index is 0.0532. The molecule has 12 heteroatoms. The largest absolute Gasteiger partial charge is 0.505 e. The highest BCUT2D eigenvalue weighted by atomic mass is 32.2. The molecule has 1 rings (SSSR count). The number of rotatable bonds is 5. The quantitative estimate of drug-likeness (QED) is 0.408. The molecule has 0 saturated heterocycles. The Morgan fingerprint density at radius 1 is 1.39 bits per heavy atom. The zero-order valence-corrected chi connectivity index (χ0v) is 13.7. The molecule has 0 saturated carbocycles. The molecule has 120 valence electrons. The molecule has 0 aliphatic heterocycles. The summed E-state index contributed by atoms with van der Waals surface area (Å²) in [6, 6.07) is 1.09. The lowest BCUT2D eigenvalue weighted by Crippen LogP contribution is -2.06. The fraction of sp³-hybridized carbons (Fsp3) is 0.0909. The smallest absolute Gasteiger partial charge is 0.296 e. The molecule has 0 unspecified atom stereocenters. The first kappa shape index (κ1) is 18.6. The average Bonchev–Trinajstić information content (AvgIpc) is 2.47. The monoisotopic (exact) mass is 335 g/mol. The number of hydrogen-bond donors (Lipinski definition) is 3. The average molecular weight is 335 g/mol. The standard InChI is InChI=1S/C11H15B2N5O4S/c1-3-6-4-7(23(20,21)22)10(16-18-13)11(19)8(6)9(14)5(2)15-17-12/h3-4,19H,1,12-14H2,2H3,(H,20,21,22)/b9-5-,17-15?,18-16+. The van der Waals surface area contributed by atoms with Gasteiger partial charge in [-0.1, -0.05) is 12.7 Å². The summed E-state index contributed by atoms with van der Waals surface area (Å²) < 4.78 is 32.3. The van der Waals surface area contributed by atoms with E-state index < -0.39 is 26.5 Å². The van der Waals surface area contributed by atoms with Gasteiger partial charge in [0, 0.05) is 0 Å². The van der Waals surface area contributed by atoms with Crippen LogP contribution < -0.4 is 5.73 Å². The molecular formula is C11H15B2N5O4S. The Hall–Kier alpha value is -2.46. The normalized spacial score (nSPS) is 13.5. The molecule has 0 aromatic heterocycles. The molecule has 0 bridgehead atoms. The number of phenols is 1. The van der Waals surface area contributed by atoms with Crippen LogP contribution in [0.15, 0.2) is 43.5 Å². The third-order valence-electron chi connectivity index (χ3n) is 2.88. The van der Waals surface area contributed by atoms with Gasteiger partial charge in [-0.25, -0.2) is 0 Å². The van der Waals surface area contributed by atoms with E-state index in [1.54, 1.807) is 6.92 Å². The molecule has 0 fully saturated rings. The lowest BCUT2D eigenvalue weighted by molar-refractivity contribution is 0.466. The Morgan fingerprint density at radius 3 is 2.43 bits per heavy atom. The fourth-order valence-corrected chi connectivity index (χ4v) is 2.53. The second-order valence-corrected chi connectivity index (χ2v) is 5.70. The van der Waals surface area contributed by atoms with Gasteiger partial charge in [-0.2, -0.15) is 18.6 Å². The molecular weight excluding hydrogens is 320 g/mol. The van der Waals surface area contributed by atoms with Crippen molar-refractivity contribution in [2.24, 2.45) is 26.0 Å². The van der Waals surface area contributed by atoms with Crippen molar-refractivity contribution < 1.29 is 18.1 Å². The van der Waals surface area contributed by atoms with Crippen LogP contribution >= 0.6 is 0 Å². The maximum Gasteiger partial charge on any atom is 0.296 e. The van der Waals surface area contributed by atoms with Crippen molar-refractivity contribution in [2.75, 3.05) is 0 Å². The summed E-state index contributed by atoms with van der Waals surface area (Å²) in [6.07, 6.45) is 1.28. The Balaban J connectivity index is 3.98. The number of phenolic OH excluding ortho intramolecular Hbond substituents is 1. The molecule has 1 aromatic carbocycles. The number of nitrogens with zero attached hydrogens (tertiary/aromatic N) is 4. The van der Waals surface area contributed by atoms with Gasteiger partial charge < -0.3 is 10.8 Å². The zero-order chi connectivity index (χ0) is 17.8. The minimum atomic E-state index is -4.64. The van der Waals surface area contributed by atoms with Gasteiger partial charge in [0.25, 0.3) is 26.1 Å². The summed E-state index contributed by atoms with van der Waals surface area (Å²) in [5.74, 6) is -0.566. The van der Waals surface area contributed by atoms with Crippen molar-refractivity contribution in [2.45, 2.75) is 11.8 Å². The second kappa shape index (κ2) is 7.20. The number of hydrogen-bond acceptors (Lipinski definition) is 8. The van der Waals surface area contributed by atoms with Gasteiger partial charge in [-0.15, -0.1) is 0 Å². The van der Waals surface area contributed by atoms with Crippen LogP contribution in [0.5, 0.6) is 5.75 Å². The van der Waals surface area contributed by atoms with Crippen LogP contribution in [0.2, 0.25) is 0 Å². The number of benzene rings is 1. The van der Waals surface area contributed by atoms with Gasteiger partial charge in [0.1, 0.15) is 10.6 Å². The summed E-state index contributed by atoms with van der Waals surface area (Å²) in [5, 5.41) is 24.8. The zero-order valence-electron chi connectivity index (χ0n) is 12.8. The molecule has 1 aromatic rings. The lowest BCUT2D eigenvalue weighted by Gasteiger charge is -2.14. The first-order valence-corrected chi connectivity index (χ1v) is 7.69. The van der Waals surface area contributed by atoms with Crippen LogP contribution in [0.3, 0.4) is 0 Å². The van der Waals surface area contributed by atoms with E-state index in [1.165, 1.54) is 22.0 Å². The van der Waals surface area contributed by atoms with E-state index in [9.17, 15) is 18.1 Å². The summed E-state index contributed by atoms with van der Waals surface area (Å²) >= 11 is 0. The highest BCUT2D eigenvalue weighted by molar-refractivity contribution is 7.86. The topological polar surface area (TPSA) is 150 Å². The molecule has 0 amide bonds. The highest BCUT2D eigenvalue weighted by Gasteiger charge is 2.25. The van der Waals surface area contributed by atoms with Gasteiger partial charge in [-0.05, 0) is 18.6 Å². The van der Waals surface area contributed by atoms with E-state index in [1.807, 2.05) is 0 Å². The van der Waals surface area contributed by atoms with E-state index >= 15 is 0 Å². The SMILES string of the molecule is BN=N/C(C)=C(\N)c1c(C=C)cc(S(=O)(=O)O)c(/N=N/B)c1O. The highest BCUT2D eigenvalue weighted by Crippen LogP contribution is 2.42. The van der Waals surface area contributed by atoms with Crippen LogP contribution in [0.4, 0.5) is 5.69 Å². The van der Waals surface area contributed by atoms with E-state index in [4.69, 9.17) is 5.73 Å². The first-order valence-electron chi connectivity index (χ1n) is 6.25. The van der Waals surface area contributed by atoms with E-state index in [2.05, 4.69) is 26.9 Å². The van der Waals surface area contributed by atoms with Gasteiger partial charge in [0.05, 0.1) is 17.0 Å². The number of aromatic hydroxyl groups is 1. The molecule has 0 aliphatic rings. The molecule has 0 radical (unpaired) electrons. The molecule has 9 nitrogen and oxygen atoms in total. The molecule has 4 N–H and O–H groups in total. The molecule has 0 spiro atoms. The molecule has 23 heavy (non-hydrogen) atoms. The van der Waals surface area contributed by atoms with Crippen molar-refractivity contribution in [1.82, 2.24) is 0 Å². The van der Waals surface area contributed by atoms with Crippen LogP contribution in [0.1, 0.15) is 18.1 Å². The maximum absolute atomic E-state index is 11.5.